The van der Waals surface area contributed by atoms with E-state index in [2.05, 4.69) is 6.58 Å². The van der Waals surface area contributed by atoms with Crippen molar-refractivity contribution in [3.05, 3.63) is 120 Å². The van der Waals surface area contributed by atoms with Gasteiger partial charge >= 0.3 is 5.97 Å². The summed E-state index contributed by atoms with van der Waals surface area (Å²) in [4.78, 5) is 12.7. The second kappa shape index (κ2) is 13.6. The fourth-order valence-corrected chi connectivity index (χ4v) is 4.73. The Bertz CT molecular complexity index is 1170. The van der Waals surface area contributed by atoms with Gasteiger partial charge < -0.3 is 28.4 Å². The Morgan fingerprint density at radius 1 is 0.821 bits per heavy atom. The molecule has 2 saturated heterocycles. The highest BCUT2D eigenvalue weighted by Crippen LogP contribution is 2.37. The largest absolute Gasteiger partial charge is 0.433 e. The summed E-state index contributed by atoms with van der Waals surface area (Å²) in [5.41, 5.74) is 2.89. The lowest BCUT2D eigenvalue weighted by molar-refractivity contribution is -0.367. The number of benzene rings is 3. The zero-order valence-corrected chi connectivity index (χ0v) is 21.8. The first kappa shape index (κ1) is 27.2. The van der Waals surface area contributed by atoms with Gasteiger partial charge in [0.25, 0.3) is 0 Å². The van der Waals surface area contributed by atoms with E-state index in [1.54, 1.807) is 6.08 Å². The molecule has 0 spiro atoms. The van der Waals surface area contributed by atoms with E-state index in [4.69, 9.17) is 28.4 Å². The first-order chi connectivity index (χ1) is 19.2. The molecule has 0 bridgehead atoms. The number of allylic oxidation sites excluding steroid dienone is 1. The van der Waals surface area contributed by atoms with Crippen LogP contribution in [0, 0.1) is 0 Å². The number of carbonyl (C=O) groups is 1. The molecule has 3 aromatic rings. The summed E-state index contributed by atoms with van der Waals surface area (Å²) in [5, 5.41) is 0. The zero-order valence-electron chi connectivity index (χ0n) is 21.8. The van der Waals surface area contributed by atoms with Crippen LogP contribution < -0.4 is 0 Å². The van der Waals surface area contributed by atoms with E-state index in [1.165, 1.54) is 0 Å². The minimum atomic E-state index is -0.992. The van der Waals surface area contributed by atoms with Gasteiger partial charge in [0.15, 0.2) is 6.29 Å². The van der Waals surface area contributed by atoms with Crippen molar-refractivity contribution in [3.8, 4) is 0 Å². The number of hydrogen-bond donors (Lipinski definition) is 0. The van der Waals surface area contributed by atoms with Crippen LogP contribution in [0.3, 0.4) is 0 Å². The maximum Gasteiger partial charge on any atom is 0.308 e. The predicted octanol–water partition coefficient (Wildman–Crippen LogP) is 5.51. The van der Waals surface area contributed by atoms with Gasteiger partial charge in [-0.15, -0.1) is 6.58 Å². The van der Waals surface area contributed by atoms with Gasteiger partial charge in [-0.1, -0.05) is 97.1 Å². The van der Waals surface area contributed by atoms with Crippen molar-refractivity contribution in [2.24, 2.45) is 0 Å². The minimum absolute atomic E-state index is 0.196. The normalized spacial score (nSPS) is 26.4. The highest BCUT2D eigenvalue weighted by atomic mass is 16.8. The molecule has 2 fully saturated rings. The Hall–Kier alpha value is -3.33. The van der Waals surface area contributed by atoms with Gasteiger partial charge in [0.1, 0.15) is 24.4 Å². The topological polar surface area (TPSA) is 72.5 Å². The Kier molecular flexibility index (Phi) is 9.53. The van der Waals surface area contributed by atoms with E-state index in [0.29, 0.717) is 13.0 Å². The van der Waals surface area contributed by atoms with Gasteiger partial charge in [-0.2, -0.15) is 0 Å². The molecular formula is C32H34O7. The Balaban J connectivity index is 1.42. The summed E-state index contributed by atoms with van der Waals surface area (Å²) in [6, 6.07) is 29.5. The van der Waals surface area contributed by atoms with E-state index in [0.717, 1.165) is 16.7 Å². The molecule has 39 heavy (non-hydrogen) atoms. The molecule has 0 radical (unpaired) electrons. The first-order valence-corrected chi connectivity index (χ1v) is 13.3. The standard InChI is InChI=1S/C32H34O7/c1-2-3-19-27(33)38-32-30(35-21-24-15-9-5-10-16-24)29(34-20-23-13-7-4-8-14-23)28-26(37-32)22-36-31(39-28)25-17-11-6-12-18-25/h2,4-18,26,28-32H,1,3,19-22H2/t26?,28-,29?,30?,31?,32-/m1/s1. The molecule has 0 aliphatic carbocycles. The lowest BCUT2D eigenvalue weighted by atomic mass is 9.97. The maximum absolute atomic E-state index is 12.7. The average Bonchev–Trinajstić information content (AvgIpc) is 2.99. The van der Waals surface area contributed by atoms with E-state index in [9.17, 15) is 4.79 Å². The van der Waals surface area contributed by atoms with Gasteiger partial charge in [0.05, 0.1) is 19.8 Å². The molecule has 5 rings (SSSR count). The monoisotopic (exact) mass is 530 g/mol. The van der Waals surface area contributed by atoms with Gasteiger partial charge in [-0.05, 0) is 17.5 Å². The van der Waals surface area contributed by atoms with E-state index >= 15 is 0 Å². The molecule has 204 valence electrons. The van der Waals surface area contributed by atoms with E-state index in [1.807, 2.05) is 91.0 Å². The zero-order chi connectivity index (χ0) is 26.9. The van der Waals surface area contributed by atoms with Crippen LogP contribution in [-0.4, -0.2) is 43.3 Å². The third-order valence-corrected chi connectivity index (χ3v) is 6.73. The number of esters is 1. The number of carbonyl (C=O) groups excluding carboxylic acids is 1. The van der Waals surface area contributed by atoms with Crippen molar-refractivity contribution in [1.29, 1.82) is 0 Å². The fraction of sp³-hybridized carbons (Fsp3) is 0.344. The maximum atomic E-state index is 12.7. The van der Waals surface area contributed by atoms with Crippen molar-refractivity contribution in [2.75, 3.05) is 6.61 Å². The van der Waals surface area contributed by atoms with Gasteiger partial charge in [-0.3, -0.25) is 4.79 Å². The van der Waals surface area contributed by atoms with Crippen molar-refractivity contribution >= 4 is 5.97 Å². The van der Waals surface area contributed by atoms with Crippen LogP contribution in [0.2, 0.25) is 0 Å². The second-order valence-corrected chi connectivity index (χ2v) is 9.56. The van der Waals surface area contributed by atoms with Crippen LogP contribution in [0.15, 0.2) is 104 Å². The summed E-state index contributed by atoms with van der Waals surface area (Å²) >= 11 is 0. The van der Waals surface area contributed by atoms with Crippen LogP contribution in [0.5, 0.6) is 0 Å². The fourth-order valence-electron chi connectivity index (χ4n) is 4.73. The van der Waals surface area contributed by atoms with Gasteiger partial charge in [0.2, 0.25) is 6.29 Å². The molecule has 7 heteroatoms. The summed E-state index contributed by atoms with van der Waals surface area (Å²) < 4.78 is 37.5. The predicted molar refractivity (Wildman–Crippen MR) is 144 cm³/mol. The van der Waals surface area contributed by atoms with Crippen molar-refractivity contribution in [1.82, 2.24) is 0 Å². The molecule has 2 aliphatic rings. The first-order valence-electron chi connectivity index (χ1n) is 13.3. The number of fused-ring (bicyclic) bond motifs is 1. The smallest absolute Gasteiger partial charge is 0.308 e. The third-order valence-electron chi connectivity index (χ3n) is 6.73. The number of rotatable bonds is 11. The second-order valence-electron chi connectivity index (χ2n) is 9.56. The SMILES string of the molecule is C=CCCC(=O)O[C@H]1OC2COC(c3ccccc3)O[C@H]2C(OCc2ccccc2)C1OCc1ccccc1. The van der Waals surface area contributed by atoms with Gasteiger partial charge in [0, 0.05) is 12.0 Å². The Labute approximate surface area is 229 Å². The van der Waals surface area contributed by atoms with Crippen LogP contribution in [0.1, 0.15) is 35.8 Å². The summed E-state index contributed by atoms with van der Waals surface area (Å²) in [6.07, 6.45) is -1.56. The molecule has 7 nitrogen and oxygen atoms in total. The molecule has 2 aliphatic heterocycles. The van der Waals surface area contributed by atoms with Crippen molar-refractivity contribution < 1.29 is 33.2 Å². The molecule has 6 atom stereocenters. The Morgan fingerprint density at radius 2 is 1.41 bits per heavy atom. The molecule has 3 aromatic carbocycles. The average molecular weight is 531 g/mol. The van der Waals surface area contributed by atoms with Crippen LogP contribution in [0.25, 0.3) is 0 Å². The summed E-state index contributed by atoms with van der Waals surface area (Å²) in [5.74, 6) is -0.395. The lowest BCUT2D eigenvalue weighted by Gasteiger charge is -2.48. The van der Waals surface area contributed by atoms with Gasteiger partial charge in [-0.25, -0.2) is 0 Å². The molecule has 0 amide bonds. The van der Waals surface area contributed by atoms with Crippen molar-refractivity contribution in [3.63, 3.8) is 0 Å². The Morgan fingerprint density at radius 3 is 2.03 bits per heavy atom. The number of ether oxygens (including phenoxy) is 6. The molecule has 2 heterocycles. The molecule has 0 saturated carbocycles. The van der Waals surface area contributed by atoms with Crippen LogP contribution in [-0.2, 0) is 46.4 Å². The highest BCUT2D eigenvalue weighted by Gasteiger charge is 2.52. The molecule has 0 aromatic heterocycles. The molecular weight excluding hydrogens is 496 g/mol. The van der Waals surface area contributed by atoms with Crippen molar-refractivity contribution in [2.45, 2.75) is 63.1 Å². The summed E-state index contributed by atoms with van der Waals surface area (Å²) in [7, 11) is 0. The molecule has 0 N–H and O–H groups in total. The third kappa shape index (κ3) is 7.20. The summed E-state index contributed by atoms with van der Waals surface area (Å²) in [6.45, 7) is 4.56. The lowest BCUT2D eigenvalue weighted by Crippen LogP contribution is -2.63. The quantitative estimate of drug-likeness (QED) is 0.239. The molecule has 4 unspecified atom stereocenters. The van der Waals surface area contributed by atoms with E-state index in [-0.39, 0.29) is 19.6 Å². The van der Waals surface area contributed by atoms with Crippen LogP contribution >= 0.6 is 0 Å². The van der Waals surface area contributed by atoms with Crippen LogP contribution in [0.4, 0.5) is 0 Å². The number of hydrogen-bond acceptors (Lipinski definition) is 7. The van der Waals surface area contributed by atoms with E-state index < -0.39 is 43.0 Å². The minimum Gasteiger partial charge on any atom is -0.433 e. The highest BCUT2D eigenvalue weighted by molar-refractivity contribution is 5.69.